The van der Waals surface area contributed by atoms with Crippen LogP contribution in [-0.2, 0) is 6.54 Å². The first-order valence-electron chi connectivity index (χ1n) is 7.79. The molecule has 4 nitrogen and oxygen atoms in total. The molecule has 0 saturated heterocycles. The molecule has 0 spiro atoms. The number of nitrogens with zero attached hydrogens (tertiary/aromatic N) is 1. The van der Waals surface area contributed by atoms with Gasteiger partial charge in [-0.25, -0.2) is 4.39 Å². The number of Topliss-reactive ketones (excluding diaryl/α,β-unsaturated/α-hetero) is 1. The first-order chi connectivity index (χ1) is 11.4. The average Bonchev–Trinajstić information content (AvgIpc) is 2.55. The molecular formula is C19H22FNO3. The second-order valence-corrected chi connectivity index (χ2v) is 5.87. The van der Waals surface area contributed by atoms with Crippen LogP contribution < -0.4 is 4.74 Å². The molecule has 0 radical (unpaired) electrons. The van der Waals surface area contributed by atoms with E-state index in [2.05, 4.69) is 0 Å². The highest BCUT2D eigenvalue weighted by Crippen LogP contribution is 2.14. The van der Waals surface area contributed by atoms with Crippen LogP contribution in [0.3, 0.4) is 0 Å². The Morgan fingerprint density at radius 2 is 1.96 bits per heavy atom. The Labute approximate surface area is 141 Å². The molecule has 2 aromatic carbocycles. The normalized spacial score (nSPS) is 12.2. The predicted molar refractivity (Wildman–Crippen MR) is 90.7 cm³/mol. The standard InChI is InChI=1S/C19H22FNO3/c1-14(22)16-4-3-5-19(10-16)24-13-18(23)12-21(2)11-15-6-8-17(20)9-7-15/h3-10,18,23H,11-13H2,1-2H3. The van der Waals surface area contributed by atoms with Crippen LogP contribution in [0.2, 0.25) is 0 Å². The van der Waals surface area contributed by atoms with Crippen LogP contribution in [0.25, 0.3) is 0 Å². The Hall–Kier alpha value is -2.24. The van der Waals surface area contributed by atoms with E-state index >= 15 is 0 Å². The summed E-state index contributed by atoms with van der Waals surface area (Å²) >= 11 is 0. The summed E-state index contributed by atoms with van der Waals surface area (Å²) in [4.78, 5) is 13.3. The Balaban J connectivity index is 1.80. The van der Waals surface area contributed by atoms with Gasteiger partial charge in [-0.15, -0.1) is 0 Å². The number of ether oxygens (including phenoxy) is 1. The molecule has 0 aliphatic carbocycles. The number of carbonyl (C=O) groups excluding carboxylic acids is 1. The molecule has 2 aromatic rings. The zero-order valence-corrected chi connectivity index (χ0v) is 13.9. The Morgan fingerprint density at radius 1 is 1.25 bits per heavy atom. The van der Waals surface area contributed by atoms with E-state index in [0.717, 1.165) is 5.56 Å². The van der Waals surface area contributed by atoms with Crippen LogP contribution in [0.15, 0.2) is 48.5 Å². The molecule has 1 N–H and O–H groups in total. The average molecular weight is 331 g/mol. The van der Waals surface area contributed by atoms with Crippen molar-refractivity contribution >= 4 is 5.78 Å². The van der Waals surface area contributed by atoms with Gasteiger partial charge in [0.15, 0.2) is 5.78 Å². The Kier molecular flexibility index (Phi) is 6.46. The van der Waals surface area contributed by atoms with Crippen LogP contribution >= 0.6 is 0 Å². The highest BCUT2D eigenvalue weighted by Gasteiger charge is 2.10. The van der Waals surface area contributed by atoms with Crippen molar-refractivity contribution in [1.29, 1.82) is 0 Å². The number of aliphatic hydroxyl groups is 1. The van der Waals surface area contributed by atoms with Gasteiger partial charge in [-0.1, -0.05) is 24.3 Å². The summed E-state index contributed by atoms with van der Waals surface area (Å²) in [6.07, 6.45) is -0.670. The largest absolute Gasteiger partial charge is 0.491 e. The van der Waals surface area contributed by atoms with E-state index in [1.165, 1.54) is 19.1 Å². The summed E-state index contributed by atoms with van der Waals surface area (Å²) in [7, 11) is 1.88. The Morgan fingerprint density at radius 3 is 2.62 bits per heavy atom. The molecule has 0 saturated carbocycles. The molecule has 1 atom stereocenters. The lowest BCUT2D eigenvalue weighted by atomic mass is 10.1. The summed E-state index contributed by atoms with van der Waals surface area (Å²) in [5, 5.41) is 10.1. The number of likely N-dealkylation sites (N-methyl/N-ethyl adjacent to an activating group) is 1. The molecule has 1 unspecified atom stereocenters. The van der Waals surface area contributed by atoms with Crippen molar-refractivity contribution in [2.45, 2.75) is 19.6 Å². The fourth-order valence-electron chi connectivity index (χ4n) is 2.38. The lowest BCUT2D eigenvalue weighted by molar-refractivity contribution is 0.0743. The molecular weight excluding hydrogens is 309 g/mol. The summed E-state index contributed by atoms with van der Waals surface area (Å²) < 4.78 is 18.4. The third-order valence-corrected chi connectivity index (χ3v) is 3.57. The summed E-state index contributed by atoms with van der Waals surface area (Å²) in [6.45, 7) is 2.66. The van der Waals surface area contributed by atoms with Crippen LogP contribution in [0.5, 0.6) is 5.75 Å². The van der Waals surface area contributed by atoms with Gasteiger partial charge < -0.3 is 9.84 Å². The van der Waals surface area contributed by atoms with Crippen molar-refractivity contribution in [3.05, 3.63) is 65.5 Å². The van der Waals surface area contributed by atoms with Crippen molar-refractivity contribution in [3.8, 4) is 5.75 Å². The van der Waals surface area contributed by atoms with Gasteiger partial charge in [-0.2, -0.15) is 0 Å². The van der Waals surface area contributed by atoms with Crippen molar-refractivity contribution in [2.24, 2.45) is 0 Å². The van der Waals surface area contributed by atoms with Gasteiger partial charge in [0.1, 0.15) is 24.3 Å². The maximum Gasteiger partial charge on any atom is 0.159 e. The van der Waals surface area contributed by atoms with E-state index in [0.29, 0.717) is 24.4 Å². The molecule has 0 heterocycles. The third-order valence-electron chi connectivity index (χ3n) is 3.57. The lowest BCUT2D eigenvalue weighted by Crippen LogP contribution is -2.32. The first-order valence-corrected chi connectivity index (χ1v) is 7.79. The van der Waals surface area contributed by atoms with E-state index in [1.807, 2.05) is 11.9 Å². The minimum Gasteiger partial charge on any atom is -0.491 e. The van der Waals surface area contributed by atoms with Gasteiger partial charge in [0, 0.05) is 18.7 Å². The number of ketones is 1. The molecule has 128 valence electrons. The van der Waals surface area contributed by atoms with E-state index in [9.17, 15) is 14.3 Å². The zero-order chi connectivity index (χ0) is 17.5. The summed E-state index contributed by atoms with van der Waals surface area (Å²) in [5.41, 5.74) is 1.55. The number of halogens is 1. The fraction of sp³-hybridized carbons (Fsp3) is 0.316. The first kappa shape index (κ1) is 18.1. The number of benzene rings is 2. The van der Waals surface area contributed by atoms with Crippen LogP contribution in [0.4, 0.5) is 4.39 Å². The van der Waals surface area contributed by atoms with Gasteiger partial charge in [-0.05, 0) is 43.8 Å². The van der Waals surface area contributed by atoms with Gasteiger partial charge in [0.25, 0.3) is 0 Å². The molecule has 0 aliphatic rings. The molecule has 0 aromatic heterocycles. The Bertz CT molecular complexity index is 673. The van der Waals surface area contributed by atoms with E-state index < -0.39 is 6.10 Å². The molecule has 5 heteroatoms. The van der Waals surface area contributed by atoms with Crippen molar-refractivity contribution in [3.63, 3.8) is 0 Å². The van der Waals surface area contributed by atoms with Gasteiger partial charge in [0.2, 0.25) is 0 Å². The molecule has 0 bridgehead atoms. The summed E-state index contributed by atoms with van der Waals surface area (Å²) in [6, 6.07) is 13.2. The maximum atomic E-state index is 12.9. The number of hydrogen-bond donors (Lipinski definition) is 1. The zero-order valence-electron chi connectivity index (χ0n) is 13.9. The van der Waals surface area contributed by atoms with E-state index in [-0.39, 0.29) is 18.2 Å². The number of aliphatic hydroxyl groups excluding tert-OH is 1. The minimum absolute atomic E-state index is 0.0278. The van der Waals surface area contributed by atoms with Gasteiger partial charge in [0.05, 0.1) is 0 Å². The number of rotatable bonds is 8. The highest BCUT2D eigenvalue weighted by atomic mass is 19.1. The van der Waals surface area contributed by atoms with Crippen molar-refractivity contribution in [1.82, 2.24) is 4.90 Å². The molecule has 0 fully saturated rings. The van der Waals surface area contributed by atoms with Crippen LogP contribution in [-0.4, -0.2) is 42.1 Å². The number of carbonyl (C=O) groups is 1. The fourth-order valence-corrected chi connectivity index (χ4v) is 2.38. The predicted octanol–water partition coefficient (Wildman–Crippen LogP) is 2.90. The second kappa shape index (κ2) is 8.57. The molecule has 0 aliphatic heterocycles. The SMILES string of the molecule is CC(=O)c1cccc(OCC(O)CN(C)Cc2ccc(F)cc2)c1. The molecule has 24 heavy (non-hydrogen) atoms. The second-order valence-electron chi connectivity index (χ2n) is 5.87. The lowest BCUT2D eigenvalue weighted by Gasteiger charge is -2.21. The molecule has 2 rings (SSSR count). The van der Waals surface area contributed by atoms with Crippen molar-refractivity contribution in [2.75, 3.05) is 20.2 Å². The van der Waals surface area contributed by atoms with E-state index in [4.69, 9.17) is 4.74 Å². The van der Waals surface area contributed by atoms with Gasteiger partial charge >= 0.3 is 0 Å². The smallest absolute Gasteiger partial charge is 0.159 e. The minimum atomic E-state index is -0.670. The highest BCUT2D eigenvalue weighted by molar-refractivity contribution is 5.94. The third kappa shape index (κ3) is 5.76. The van der Waals surface area contributed by atoms with Gasteiger partial charge in [-0.3, -0.25) is 9.69 Å². The topological polar surface area (TPSA) is 49.8 Å². The number of hydrogen-bond acceptors (Lipinski definition) is 4. The van der Waals surface area contributed by atoms with Crippen LogP contribution in [0, 0.1) is 5.82 Å². The monoisotopic (exact) mass is 331 g/mol. The molecule has 0 amide bonds. The van der Waals surface area contributed by atoms with Crippen LogP contribution in [0.1, 0.15) is 22.8 Å². The van der Waals surface area contributed by atoms with E-state index in [1.54, 1.807) is 36.4 Å². The summed E-state index contributed by atoms with van der Waals surface area (Å²) in [5.74, 6) is 0.269. The van der Waals surface area contributed by atoms with Crippen molar-refractivity contribution < 1.29 is 19.0 Å². The quantitative estimate of drug-likeness (QED) is 0.756. The maximum absolute atomic E-state index is 12.9.